The maximum absolute atomic E-state index is 11.5. The SMILES string of the molecule is C[C@H](Oc1cnccc1C(=O)ON=O)c1ccccn1. The predicted molar refractivity (Wildman–Crippen MR) is 68.7 cm³/mol. The molecule has 0 N–H and O–H groups in total. The number of ether oxygens (including phenoxy) is 1. The fourth-order valence-corrected chi connectivity index (χ4v) is 1.59. The lowest BCUT2D eigenvalue weighted by molar-refractivity contribution is 0.0501. The second-order valence-electron chi connectivity index (χ2n) is 3.84. The summed E-state index contributed by atoms with van der Waals surface area (Å²) in [5.74, 6) is -0.704. The Morgan fingerprint density at radius 2 is 2.15 bits per heavy atom. The molecule has 0 saturated heterocycles. The summed E-state index contributed by atoms with van der Waals surface area (Å²) in [4.78, 5) is 33.6. The van der Waals surface area contributed by atoms with Crippen molar-refractivity contribution in [3.8, 4) is 5.75 Å². The van der Waals surface area contributed by atoms with Gasteiger partial charge >= 0.3 is 5.97 Å². The molecule has 0 amide bonds. The number of pyridine rings is 2. The molecule has 0 saturated carbocycles. The van der Waals surface area contributed by atoms with Crippen molar-refractivity contribution in [2.45, 2.75) is 13.0 Å². The molecule has 0 unspecified atom stereocenters. The van der Waals surface area contributed by atoms with E-state index in [1.807, 2.05) is 6.07 Å². The molecule has 2 aromatic rings. The van der Waals surface area contributed by atoms with Gasteiger partial charge in [-0.25, -0.2) is 4.79 Å². The molecular formula is C13H11N3O4. The first-order chi connectivity index (χ1) is 9.72. The van der Waals surface area contributed by atoms with Crippen LogP contribution in [0.3, 0.4) is 0 Å². The van der Waals surface area contributed by atoms with E-state index in [9.17, 15) is 9.70 Å². The lowest BCUT2D eigenvalue weighted by Crippen LogP contribution is -2.09. The molecule has 0 aliphatic heterocycles. The van der Waals surface area contributed by atoms with E-state index in [1.165, 1.54) is 18.5 Å². The third-order valence-corrected chi connectivity index (χ3v) is 2.53. The third kappa shape index (κ3) is 3.14. The lowest BCUT2D eigenvalue weighted by atomic mass is 10.2. The molecule has 0 radical (unpaired) electrons. The minimum absolute atomic E-state index is 0.0716. The number of nitrogens with zero attached hydrogens (tertiary/aromatic N) is 3. The Hall–Kier alpha value is -2.83. The normalized spacial score (nSPS) is 11.4. The summed E-state index contributed by atoms with van der Waals surface area (Å²) in [7, 11) is 0. The lowest BCUT2D eigenvalue weighted by Gasteiger charge is -2.15. The number of hydrogen-bond acceptors (Lipinski definition) is 7. The monoisotopic (exact) mass is 273 g/mol. The Morgan fingerprint density at radius 3 is 2.85 bits per heavy atom. The van der Waals surface area contributed by atoms with Crippen LogP contribution < -0.4 is 4.74 Å². The van der Waals surface area contributed by atoms with Gasteiger partial charge < -0.3 is 4.74 Å². The smallest absolute Gasteiger partial charge is 0.373 e. The highest BCUT2D eigenvalue weighted by Crippen LogP contribution is 2.24. The van der Waals surface area contributed by atoms with Crippen LogP contribution in [0.4, 0.5) is 0 Å². The fraction of sp³-hybridized carbons (Fsp3) is 0.154. The van der Waals surface area contributed by atoms with Gasteiger partial charge in [0.25, 0.3) is 0 Å². The number of carbonyl (C=O) groups excluding carboxylic acids is 1. The first-order valence-corrected chi connectivity index (χ1v) is 5.78. The molecule has 102 valence electrons. The third-order valence-electron chi connectivity index (χ3n) is 2.53. The van der Waals surface area contributed by atoms with Gasteiger partial charge in [-0.2, -0.15) is 0 Å². The van der Waals surface area contributed by atoms with Crippen LogP contribution in [-0.4, -0.2) is 15.9 Å². The summed E-state index contributed by atoms with van der Waals surface area (Å²) in [6.07, 6.45) is 4.00. The van der Waals surface area contributed by atoms with Crippen molar-refractivity contribution in [2.75, 3.05) is 0 Å². The zero-order valence-electron chi connectivity index (χ0n) is 10.6. The van der Waals surface area contributed by atoms with E-state index in [0.29, 0.717) is 5.69 Å². The molecule has 0 fully saturated rings. The van der Waals surface area contributed by atoms with E-state index < -0.39 is 12.1 Å². The average molecular weight is 273 g/mol. The minimum Gasteiger partial charge on any atom is -0.482 e. The predicted octanol–water partition coefficient (Wildman–Crippen LogP) is 2.45. The molecule has 0 bridgehead atoms. The summed E-state index contributed by atoms with van der Waals surface area (Å²) in [5.41, 5.74) is 0.770. The first-order valence-electron chi connectivity index (χ1n) is 5.78. The van der Waals surface area contributed by atoms with Crippen LogP contribution in [0.15, 0.2) is 48.2 Å². The largest absolute Gasteiger partial charge is 0.482 e. The van der Waals surface area contributed by atoms with Crippen molar-refractivity contribution in [3.63, 3.8) is 0 Å². The minimum atomic E-state index is -0.898. The fourth-order valence-electron chi connectivity index (χ4n) is 1.59. The molecule has 1 atom stereocenters. The molecule has 0 aromatic carbocycles. The van der Waals surface area contributed by atoms with Crippen LogP contribution in [0, 0.1) is 4.91 Å². The Morgan fingerprint density at radius 1 is 1.30 bits per heavy atom. The van der Waals surface area contributed by atoms with Crippen molar-refractivity contribution >= 4 is 5.97 Å². The Bertz CT molecular complexity index is 604. The summed E-state index contributed by atoms with van der Waals surface area (Å²) in [6, 6.07) is 6.80. The van der Waals surface area contributed by atoms with Crippen LogP contribution in [0.2, 0.25) is 0 Å². The van der Waals surface area contributed by atoms with E-state index >= 15 is 0 Å². The maximum Gasteiger partial charge on any atom is 0.373 e. The highest BCUT2D eigenvalue weighted by Gasteiger charge is 2.18. The van der Waals surface area contributed by atoms with Crippen molar-refractivity contribution in [1.82, 2.24) is 9.97 Å². The van der Waals surface area contributed by atoms with Gasteiger partial charge in [0, 0.05) is 12.4 Å². The zero-order valence-corrected chi connectivity index (χ0v) is 10.6. The molecule has 7 heteroatoms. The molecule has 7 nitrogen and oxygen atoms in total. The van der Waals surface area contributed by atoms with E-state index in [-0.39, 0.29) is 11.3 Å². The van der Waals surface area contributed by atoms with Crippen molar-refractivity contribution < 1.29 is 14.4 Å². The molecular weight excluding hydrogens is 262 g/mol. The highest BCUT2D eigenvalue weighted by atomic mass is 16.7. The van der Waals surface area contributed by atoms with Crippen LogP contribution in [0.5, 0.6) is 5.75 Å². The van der Waals surface area contributed by atoms with Crippen molar-refractivity contribution in [1.29, 1.82) is 0 Å². The van der Waals surface area contributed by atoms with Crippen LogP contribution >= 0.6 is 0 Å². The van der Waals surface area contributed by atoms with E-state index in [1.54, 1.807) is 25.3 Å². The van der Waals surface area contributed by atoms with Crippen molar-refractivity contribution in [2.24, 2.45) is 5.34 Å². The van der Waals surface area contributed by atoms with Gasteiger partial charge in [-0.15, -0.1) is 4.91 Å². The second kappa shape index (κ2) is 6.37. The molecule has 0 aliphatic carbocycles. The number of carbonyl (C=O) groups is 1. The van der Waals surface area contributed by atoms with Crippen LogP contribution in [0.1, 0.15) is 29.1 Å². The topological polar surface area (TPSA) is 90.7 Å². The highest BCUT2D eigenvalue weighted by molar-refractivity contribution is 5.92. The quantitative estimate of drug-likeness (QED) is 0.613. The first kappa shape index (κ1) is 13.6. The van der Waals surface area contributed by atoms with E-state index in [2.05, 4.69) is 20.1 Å². The van der Waals surface area contributed by atoms with Gasteiger partial charge in [0.15, 0.2) is 11.1 Å². The summed E-state index contributed by atoms with van der Waals surface area (Å²) in [5, 5.41) is 2.10. The maximum atomic E-state index is 11.5. The summed E-state index contributed by atoms with van der Waals surface area (Å²) in [6.45, 7) is 1.78. The molecule has 2 aromatic heterocycles. The molecule has 20 heavy (non-hydrogen) atoms. The van der Waals surface area contributed by atoms with E-state index in [0.717, 1.165) is 0 Å². The number of hydrogen-bond donors (Lipinski definition) is 0. The van der Waals surface area contributed by atoms with Gasteiger partial charge in [-0.3, -0.25) is 14.8 Å². The van der Waals surface area contributed by atoms with Gasteiger partial charge in [0.1, 0.15) is 11.7 Å². The van der Waals surface area contributed by atoms with Gasteiger partial charge in [0.05, 0.1) is 11.9 Å². The van der Waals surface area contributed by atoms with Gasteiger partial charge in [-0.05, 0) is 25.1 Å². The standard InChI is InChI=1S/C13H11N3O4/c1-9(11-4-2-3-6-15-11)19-12-8-14-7-5-10(12)13(17)20-16-18/h2-9H,1H3/t9-/m0/s1. The van der Waals surface area contributed by atoms with Crippen molar-refractivity contribution in [3.05, 3.63) is 59.0 Å². The Balaban J connectivity index is 2.21. The van der Waals surface area contributed by atoms with Gasteiger partial charge in [-0.1, -0.05) is 6.07 Å². The zero-order chi connectivity index (χ0) is 14.4. The van der Waals surface area contributed by atoms with Crippen LogP contribution in [0.25, 0.3) is 0 Å². The molecule has 0 spiro atoms. The Kier molecular flexibility index (Phi) is 4.33. The van der Waals surface area contributed by atoms with Crippen LogP contribution in [-0.2, 0) is 4.84 Å². The van der Waals surface area contributed by atoms with E-state index in [4.69, 9.17) is 4.74 Å². The second-order valence-corrected chi connectivity index (χ2v) is 3.84. The van der Waals surface area contributed by atoms with Gasteiger partial charge in [0.2, 0.25) is 0 Å². The number of rotatable bonds is 5. The molecule has 2 heterocycles. The molecule has 0 aliphatic rings. The average Bonchev–Trinajstić information content (AvgIpc) is 2.49. The Labute approximate surface area is 114 Å². The summed E-state index contributed by atoms with van der Waals surface area (Å²) >= 11 is 0. The number of aromatic nitrogens is 2. The summed E-state index contributed by atoms with van der Waals surface area (Å²) < 4.78 is 5.63. The molecule has 2 rings (SSSR count).